The monoisotopic (exact) mass is 603 g/mol. The molecule has 2 unspecified atom stereocenters. The lowest BCUT2D eigenvalue weighted by atomic mass is 9.30. The van der Waals surface area contributed by atoms with Gasteiger partial charge in [-0.15, -0.1) is 0 Å². The maximum absolute atomic E-state index is 12.1. The van der Waals surface area contributed by atoms with E-state index in [2.05, 4.69) is 60.7 Å². The van der Waals surface area contributed by atoms with E-state index in [-0.39, 0.29) is 40.3 Å². The van der Waals surface area contributed by atoms with Gasteiger partial charge in [-0.25, -0.2) is 0 Å². The number of carboxylic acid groups (broad SMARTS) is 2. The summed E-state index contributed by atoms with van der Waals surface area (Å²) in [5.41, 5.74) is 1.28. The number of fused-ring (bicyclic) bond motifs is 7. The van der Waals surface area contributed by atoms with E-state index in [0.29, 0.717) is 29.2 Å². The van der Waals surface area contributed by atoms with E-state index in [1.807, 2.05) is 0 Å². The summed E-state index contributed by atoms with van der Waals surface area (Å²) in [6.07, 6.45) is 11.6. The fourth-order valence-electron chi connectivity index (χ4n) is 13.2. The lowest BCUT2D eigenvalue weighted by Gasteiger charge is -2.75. The molecule has 0 aromatic rings. The van der Waals surface area contributed by atoms with Crippen molar-refractivity contribution in [1.82, 2.24) is 5.32 Å². The molecule has 0 aromatic heterocycles. The van der Waals surface area contributed by atoms with Crippen molar-refractivity contribution in [2.45, 2.75) is 137 Å². The highest BCUT2D eigenvalue weighted by molar-refractivity contribution is 7.81. The van der Waals surface area contributed by atoms with Gasteiger partial charge in [0.15, 0.2) is 0 Å². The largest absolute Gasteiger partial charge is 0.481 e. The molecule has 0 spiro atoms. The second-order valence-electron chi connectivity index (χ2n) is 17.7. The number of rotatable bonds is 7. The Labute approximate surface area is 261 Å². The average Bonchev–Trinajstić information content (AvgIpc) is 2.88. The van der Waals surface area contributed by atoms with Crippen LogP contribution in [-0.2, 0) is 9.59 Å². The number of nitrogens with one attached hydrogen (secondary N) is 1. The molecule has 0 bridgehead atoms. The number of hydrogen-bond donors (Lipinski definition) is 4. The van der Waals surface area contributed by atoms with Gasteiger partial charge in [-0.1, -0.05) is 55.4 Å². The Morgan fingerprint density at radius 1 is 0.881 bits per heavy atom. The summed E-state index contributed by atoms with van der Waals surface area (Å²) in [7, 11) is 0. The quantitative estimate of drug-likeness (QED) is 0.221. The molecule has 0 saturated heterocycles. The molecule has 0 radical (unpaired) electrons. The second kappa shape index (κ2) is 11.0. The SMILES string of the molecule is C[C@@H]1[C@H]2[C@H]3CC[C@@H]4[C@@]5(C)C(CN[C@@H](CCC(=O)O)C(=O)O)C(S)CC(C)(C)[C@@H]5CC[C@@]4(C)[C@]3(C)CC[C@@]2(C)CC[C@H]1C. The van der Waals surface area contributed by atoms with E-state index in [4.69, 9.17) is 12.6 Å². The normalized spacial score (nSPS) is 50.4. The lowest BCUT2D eigenvalue weighted by Crippen LogP contribution is -2.69. The summed E-state index contributed by atoms with van der Waals surface area (Å²) >= 11 is 5.29. The molecule has 5 fully saturated rings. The van der Waals surface area contributed by atoms with Crippen LogP contribution in [0.3, 0.4) is 0 Å². The third-order valence-corrected chi connectivity index (χ3v) is 16.2. The summed E-state index contributed by atoms with van der Waals surface area (Å²) in [6.45, 7) is 21.2. The Hall–Kier alpha value is -0.750. The zero-order valence-electron chi connectivity index (χ0n) is 27.8. The first-order valence-corrected chi connectivity index (χ1v) is 17.8. The highest BCUT2D eigenvalue weighted by Gasteiger charge is 2.71. The number of carboxylic acids is 2. The van der Waals surface area contributed by atoms with Crippen molar-refractivity contribution >= 4 is 24.6 Å². The topological polar surface area (TPSA) is 86.6 Å². The highest BCUT2D eigenvalue weighted by Crippen LogP contribution is 2.77. The molecule has 0 aliphatic heterocycles. The van der Waals surface area contributed by atoms with Gasteiger partial charge < -0.3 is 15.5 Å². The van der Waals surface area contributed by atoms with Crippen molar-refractivity contribution in [3.05, 3.63) is 0 Å². The van der Waals surface area contributed by atoms with Crippen LogP contribution in [0.2, 0.25) is 0 Å². The van der Waals surface area contributed by atoms with Crippen LogP contribution in [0, 0.1) is 68.5 Å². The Kier molecular flexibility index (Phi) is 8.51. The smallest absolute Gasteiger partial charge is 0.320 e. The Morgan fingerprint density at radius 2 is 1.57 bits per heavy atom. The maximum Gasteiger partial charge on any atom is 0.320 e. The first-order chi connectivity index (χ1) is 19.4. The molecule has 13 atom stereocenters. The molecule has 5 aliphatic rings. The maximum atomic E-state index is 12.1. The second-order valence-corrected chi connectivity index (χ2v) is 18.3. The molecular weight excluding hydrogens is 542 g/mol. The minimum Gasteiger partial charge on any atom is -0.481 e. The van der Waals surface area contributed by atoms with Gasteiger partial charge in [-0.05, 0) is 133 Å². The van der Waals surface area contributed by atoms with Gasteiger partial charge >= 0.3 is 11.9 Å². The van der Waals surface area contributed by atoms with Crippen molar-refractivity contribution < 1.29 is 19.8 Å². The molecule has 0 heterocycles. The molecule has 5 saturated carbocycles. The van der Waals surface area contributed by atoms with Gasteiger partial charge in [-0.3, -0.25) is 9.59 Å². The fourth-order valence-corrected chi connectivity index (χ4v) is 14.1. The molecular formula is C36H61NO4S. The Bertz CT molecular complexity index is 1060. The zero-order chi connectivity index (χ0) is 31.0. The first kappa shape index (κ1) is 32.6. The van der Waals surface area contributed by atoms with Crippen LogP contribution in [0.4, 0.5) is 0 Å². The van der Waals surface area contributed by atoms with Gasteiger partial charge in [0, 0.05) is 18.2 Å². The van der Waals surface area contributed by atoms with Gasteiger partial charge in [0.25, 0.3) is 0 Å². The Morgan fingerprint density at radius 3 is 2.21 bits per heavy atom. The van der Waals surface area contributed by atoms with Gasteiger partial charge in [-0.2, -0.15) is 12.6 Å². The molecule has 6 heteroatoms. The van der Waals surface area contributed by atoms with Crippen LogP contribution >= 0.6 is 12.6 Å². The van der Waals surface area contributed by atoms with E-state index >= 15 is 0 Å². The molecule has 240 valence electrons. The van der Waals surface area contributed by atoms with Crippen molar-refractivity contribution in [3.8, 4) is 0 Å². The predicted octanol–water partition coefficient (Wildman–Crippen LogP) is 8.18. The van der Waals surface area contributed by atoms with Crippen LogP contribution in [0.15, 0.2) is 0 Å². The van der Waals surface area contributed by atoms with Crippen molar-refractivity contribution in [3.63, 3.8) is 0 Å². The number of carbonyl (C=O) groups is 2. The van der Waals surface area contributed by atoms with E-state index in [9.17, 15) is 19.8 Å². The molecule has 0 amide bonds. The van der Waals surface area contributed by atoms with Gasteiger partial charge in [0.05, 0.1) is 0 Å². The third-order valence-electron chi connectivity index (χ3n) is 15.7. The highest BCUT2D eigenvalue weighted by atomic mass is 32.1. The molecule has 5 rings (SSSR count). The van der Waals surface area contributed by atoms with E-state index < -0.39 is 18.0 Å². The zero-order valence-corrected chi connectivity index (χ0v) is 28.7. The van der Waals surface area contributed by atoms with Crippen LogP contribution in [0.5, 0.6) is 0 Å². The minimum absolute atomic E-state index is 0.0459. The van der Waals surface area contributed by atoms with E-state index in [1.165, 1.54) is 51.4 Å². The van der Waals surface area contributed by atoms with E-state index in [1.54, 1.807) is 0 Å². The third kappa shape index (κ3) is 4.81. The van der Waals surface area contributed by atoms with Crippen molar-refractivity contribution in [2.75, 3.05) is 6.54 Å². The van der Waals surface area contributed by atoms with Crippen molar-refractivity contribution in [1.29, 1.82) is 0 Å². The van der Waals surface area contributed by atoms with Crippen LogP contribution < -0.4 is 5.32 Å². The number of aliphatic carboxylic acids is 2. The number of hydrogen-bond acceptors (Lipinski definition) is 4. The van der Waals surface area contributed by atoms with Crippen LogP contribution in [-0.4, -0.2) is 40.0 Å². The summed E-state index contributed by atoms with van der Waals surface area (Å²) in [5.74, 6) is 2.69. The molecule has 5 aliphatic carbocycles. The average molecular weight is 604 g/mol. The standard InChI is InChI=1S/C36H61NO4S/c1-21-13-15-33(5)17-18-34(6)23(30(33)22(21)2)9-11-28-35(34,7)16-14-27-32(3,4)19-26(42)24(36(27,28)8)20-37-25(31(40)41)10-12-29(38)39/h21-28,30,37,42H,9-20H2,1-8H3,(H,38,39)(H,40,41)/t21-,22+,23-,24?,25+,26?,27+,28+,30+,33-,34-,35-,36+/m1/s1. The molecule has 0 aromatic carbocycles. The molecule has 42 heavy (non-hydrogen) atoms. The van der Waals surface area contributed by atoms with Gasteiger partial charge in [0.1, 0.15) is 6.04 Å². The summed E-state index contributed by atoms with van der Waals surface area (Å²) in [5, 5.41) is 22.7. The molecule has 5 nitrogen and oxygen atoms in total. The van der Waals surface area contributed by atoms with Crippen LogP contribution in [0.1, 0.15) is 126 Å². The predicted molar refractivity (Wildman–Crippen MR) is 173 cm³/mol. The number of thiol groups is 1. The summed E-state index contributed by atoms with van der Waals surface area (Å²) in [6, 6.07) is -0.840. The summed E-state index contributed by atoms with van der Waals surface area (Å²) in [4.78, 5) is 23.4. The lowest BCUT2D eigenvalue weighted by molar-refractivity contribution is -0.257. The fraction of sp³-hybridized carbons (Fsp3) is 0.944. The first-order valence-electron chi connectivity index (χ1n) is 17.3. The molecule has 3 N–H and O–H groups in total. The van der Waals surface area contributed by atoms with Gasteiger partial charge in [0.2, 0.25) is 0 Å². The van der Waals surface area contributed by atoms with Crippen molar-refractivity contribution in [2.24, 2.45) is 68.5 Å². The summed E-state index contributed by atoms with van der Waals surface area (Å²) < 4.78 is 0. The van der Waals surface area contributed by atoms with E-state index in [0.717, 1.165) is 30.1 Å². The Balaban J connectivity index is 1.50. The minimum atomic E-state index is -0.951. The van der Waals surface area contributed by atoms with Crippen LogP contribution in [0.25, 0.3) is 0 Å².